The van der Waals surface area contributed by atoms with Crippen molar-refractivity contribution in [3.63, 3.8) is 0 Å². The Labute approximate surface area is 159 Å². The molecule has 0 saturated heterocycles. The van der Waals surface area contributed by atoms with Gasteiger partial charge in [0.25, 0.3) is 0 Å². The molecule has 0 aromatic heterocycles. The summed E-state index contributed by atoms with van der Waals surface area (Å²) in [5.41, 5.74) is 1.51. The Balaban J connectivity index is 1.66. The Morgan fingerprint density at radius 3 is 2.08 bits per heavy atom. The predicted molar refractivity (Wildman–Crippen MR) is 107 cm³/mol. The highest BCUT2D eigenvalue weighted by atomic mass is 16.1. The van der Waals surface area contributed by atoms with Crippen LogP contribution in [0.2, 0.25) is 0 Å². The summed E-state index contributed by atoms with van der Waals surface area (Å²) in [4.78, 5) is 13.1. The highest BCUT2D eigenvalue weighted by Gasteiger charge is 2.60. The lowest BCUT2D eigenvalue weighted by atomic mass is 9.41. The van der Waals surface area contributed by atoms with Crippen LogP contribution in [0.5, 0.6) is 0 Å². The first-order valence-corrected chi connectivity index (χ1v) is 10.9. The van der Waals surface area contributed by atoms with E-state index in [4.69, 9.17) is 0 Å². The van der Waals surface area contributed by atoms with Gasteiger partial charge in [-0.25, -0.2) is 0 Å². The van der Waals surface area contributed by atoms with E-state index in [0.717, 1.165) is 30.6 Å². The van der Waals surface area contributed by atoms with Crippen molar-refractivity contribution in [1.29, 1.82) is 0 Å². The Morgan fingerprint density at radius 2 is 1.58 bits per heavy atom. The van der Waals surface area contributed by atoms with Crippen LogP contribution >= 0.6 is 0 Å². The van der Waals surface area contributed by atoms with Crippen molar-refractivity contribution < 1.29 is 4.79 Å². The van der Waals surface area contributed by atoms with Gasteiger partial charge in [0.1, 0.15) is 0 Å². The third kappa shape index (κ3) is 2.80. The summed E-state index contributed by atoms with van der Waals surface area (Å²) >= 11 is 0. The third-order valence-corrected chi connectivity index (χ3v) is 8.41. The van der Waals surface area contributed by atoms with Crippen molar-refractivity contribution in [2.75, 3.05) is 0 Å². The summed E-state index contributed by atoms with van der Waals surface area (Å²) in [5.74, 6) is 4.36. The summed E-state index contributed by atoms with van der Waals surface area (Å²) < 4.78 is 0. The topological polar surface area (TPSA) is 29.1 Å². The largest absolute Gasteiger partial charge is 0.353 e. The molecule has 0 aliphatic heterocycles. The SMILES string of the molecule is CCC(CC)NC(=O)CC1(c2ccccc2)C2CC3CC1CC(C2)C3C. The number of benzene rings is 1. The van der Waals surface area contributed by atoms with Gasteiger partial charge in [0, 0.05) is 17.9 Å². The standard InChI is InChI=1S/C24H35NO/c1-4-22(5-2)25-23(26)15-24(19-9-7-6-8-10-19)20-11-17-12-21(24)14-18(13-20)16(17)3/h6-10,16-18,20-22H,4-5,11-15H2,1-3H3,(H,25,26). The Bertz CT molecular complexity index is 603. The molecule has 2 heteroatoms. The van der Waals surface area contributed by atoms with Crippen LogP contribution in [0.15, 0.2) is 30.3 Å². The van der Waals surface area contributed by atoms with Gasteiger partial charge in [0.2, 0.25) is 5.91 Å². The second-order valence-electron chi connectivity index (χ2n) is 9.38. The van der Waals surface area contributed by atoms with Gasteiger partial charge in [-0.05, 0) is 73.7 Å². The maximum Gasteiger partial charge on any atom is 0.221 e. The molecule has 0 radical (unpaired) electrons. The molecule has 4 fully saturated rings. The molecule has 0 atom stereocenters. The van der Waals surface area contributed by atoms with Gasteiger partial charge in [0.05, 0.1) is 0 Å². The molecule has 4 aliphatic rings. The van der Waals surface area contributed by atoms with Gasteiger partial charge in [-0.1, -0.05) is 51.1 Å². The van der Waals surface area contributed by atoms with Crippen molar-refractivity contribution in [1.82, 2.24) is 5.32 Å². The quantitative estimate of drug-likeness (QED) is 0.736. The molecule has 0 spiro atoms. The van der Waals surface area contributed by atoms with Crippen LogP contribution in [0.1, 0.15) is 71.3 Å². The number of nitrogens with one attached hydrogen (secondary N) is 1. The second-order valence-corrected chi connectivity index (χ2v) is 9.38. The van der Waals surface area contributed by atoms with Gasteiger partial charge in [-0.15, -0.1) is 0 Å². The molecule has 4 saturated carbocycles. The molecule has 1 amide bonds. The molecule has 1 aromatic rings. The molecule has 1 aromatic carbocycles. The van der Waals surface area contributed by atoms with E-state index in [1.165, 1.54) is 31.2 Å². The average Bonchev–Trinajstić information content (AvgIpc) is 2.65. The molecule has 1 N–H and O–H groups in total. The van der Waals surface area contributed by atoms with Crippen LogP contribution < -0.4 is 5.32 Å². The summed E-state index contributed by atoms with van der Waals surface area (Å²) in [6, 6.07) is 11.4. The maximum atomic E-state index is 13.1. The van der Waals surface area contributed by atoms with E-state index >= 15 is 0 Å². The van der Waals surface area contributed by atoms with E-state index in [0.29, 0.717) is 24.3 Å². The number of hydrogen-bond acceptors (Lipinski definition) is 1. The van der Waals surface area contributed by atoms with Gasteiger partial charge >= 0.3 is 0 Å². The third-order valence-electron chi connectivity index (χ3n) is 8.41. The van der Waals surface area contributed by atoms with Gasteiger partial charge in [-0.2, -0.15) is 0 Å². The highest BCUT2D eigenvalue weighted by molar-refractivity contribution is 5.78. The van der Waals surface area contributed by atoms with Crippen molar-refractivity contribution in [3.8, 4) is 0 Å². The summed E-state index contributed by atoms with van der Waals surface area (Å²) in [6.07, 6.45) is 8.08. The smallest absolute Gasteiger partial charge is 0.221 e. The Hall–Kier alpha value is -1.31. The van der Waals surface area contributed by atoms with Crippen LogP contribution in [-0.4, -0.2) is 11.9 Å². The zero-order valence-corrected chi connectivity index (χ0v) is 16.7. The number of rotatable bonds is 6. The zero-order valence-electron chi connectivity index (χ0n) is 16.7. The van der Waals surface area contributed by atoms with Crippen LogP contribution in [-0.2, 0) is 10.2 Å². The molecule has 2 nitrogen and oxygen atoms in total. The van der Waals surface area contributed by atoms with E-state index in [1.54, 1.807) is 0 Å². The molecule has 0 unspecified atom stereocenters. The monoisotopic (exact) mass is 353 g/mol. The maximum absolute atomic E-state index is 13.1. The number of amides is 1. The van der Waals surface area contributed by atoms with Gasteiger partial charge in [0.15, 0.2) is 0 Å². The van der Waals surface area contributed by atoms with Gasteiger partial charge < -0.3 is 5.32 Å². The summed E-state index contributed by atoms with van der Waals surface area (Å²) in [5, 5.41) is 3.34. The minimum atomic E-state index is 0.0739. The molecule has 4 bridgehead atoms. The van der Waals surface area contributed by atoms with Crippen molar-refractivity contribution in [2.24, 2.45) is 29.6 Å². The number of hydrogen-bond donors (Lipinski definition) is 1. The molecular weight excluding hydrogens is 318 g/mol. The Morgan fingerprint density at radius 1 is 1.04 bits per heavy atom. The first-order valence-electron chi connectivity index (χ1n) is 10.9. The van der Waals surface area contributed by atoms with Gasteiger partial charge in [-0.3, -0.25) is 4.79 Å². The molecular formula is C24H35NO. The first-order chi connectivity index (χ1) is 12.6. The second kappa shape index (κ2) is 7.02. The molecule has 5 rings (SSSR count). The molecule has 0 heterocycles. The highest BCUT2D eigenvalue weighted by Crippen LogP contribution is 2.65. The molecule has 142 valence electrons. The van der Waals surface area contributed by atoms with E-state index in [9.17, 15) is 4.79 Å². The van der Waals surface area contributed by atoms with E-state index in [1.807, 2.05) is 0 Å². The van der Waals surface area contributed by atoms with Crippen molar-refractivity contribution >= 4 is 5.91 Å². The van der Waals surface area contributed by atoms with Crippen molar-refractivity contribution in [2.45, 2.75) is 77.2 Å². The zero-order chi connectivity index (χ0) is 18.3. The van der Waals surface area contributed by atoms with Crippen molar-refractivity contribution in [3.05, 3.63) is 35.9 Å². The normalized spacial score (nSPS) is 37.9. The van der Waals surface area contributed by atoms with E-state index < -0.39 is 0 Å². The lowest BCUT2D eigenvalue weighted by Gasteiger charge is -2.63. The van der Waals surface area contributed by atoms with Crippen LogP contribution in [0.4, 0.5) is 0 Å². The van der Waals surface area contributed by atoms with E-state index in [-0.39, 0.29) is 11.3 Å². The first kappa shape index (κ1) is 18.1. The minimum Gasteiger partial charge on any atom is -0.353 e. The fourth-order valence-corrected chi connectivity index (χ4v) is 6.91. The molecule has 26 heavy (non-hydrogen) atoms. The fraction of sp³-hybridized carbons (Fsp3) is 0.708. The number of carbonyl (C=O) groups excluding carboxylic acids is 1. The average molecular weight is 354 g/mol. The Kier molecular flexibility index (Phi) is 4.88. The molecule has 4 aliphatic carbocycles. The predicted octanol–water partition coefficient (Wildman–Crippen LogP) is 5.32. The minimum absolute atomic E-state index is 0.0739. The number of carbonyl (C=O) groups is 1. The fourth-order valence-electron chi connectivity index (χ4n) is 6.91. The lowest BCUT2D eigenvalue weighted by molar-refractivity contribution is -0.133. The van der Waals surface area contributed by atoms with Crippen LogP contribution in [0.3, 0.4) is 0 Å². The lowest BCUT2D eigenvalue weighted by Crippen LogP contribution is -2.59. The summed E-state index contributed by atoms with van der Waals surface area (Å²) in [7, 11) is 0. The van der Waals surface area contributed by atoms with Crippen LogP contribution in [0.25, 0.3) is 0 Å². The van der Waals surface area contributed by atoms with E-state index in [2.05, 4.69) is 56.4 Å². The summed E-state index contributed by atoms with van der Waals surface area (Å²) in [6.45, 7) is 6.83. The van der Waals surface area contributed by atoms with Crippen LogP contribution in [0, 0.1) is 29.6 Å².